The van der Waals surface area contributed by atoms with Crippen LogP contribution in [-0.2, 0) is 6.42 Å². The third kappa shape index (κ3) is 3.63. The quantitative estimate of drug-likeness (QED) is 0.875. The van der Waals surface area contributed by atoms with Crippen molar-refractivity contribution in [1.82, 2.24) is 4.98 Å². The number of hydrogen-bond acceptors (Lipinski definition) is 4. The van der Waals surface area contributed by atoms with Gasteiger partial charge >= 0.3 is 6.61 Å². The van der Waals surface area contributed by atoms with Gasteiger partial charge in [0.15, 0.2) is 5.78 Å². The van der Waals surface area contributed by atoms with Gasteiger partial charge in [-0.05, 0) is 30.5 Å². The van der Waals surface area contributed by atoms with Gasteiger partial charge in [-0.15, -0.1) is 0 Å². The summed E-state index contributed by atoms with van der Waals surface area (Å²) in [6.07, 6.45) is 0.883. The molecule has 1 unspecified atom stereocenters. The van der Waals surface area contributed by atoms with Gasteiger partial charge in [-0.3, -0.25) is 14.4 Å². The van der Waals surface area contributed by atoms with Crippen LogP contribution in [0, 0.1) is 5.92 Å². The van der Waals surface area contributed by atoms with Gasteiger partial charge < -0.3 is 15.0 Å². The maximum absolute atomic E-state index is 12.5. The van der Waals surface area contributed by atoms with Gasteiger partial charge in [0.25, 0.3) is 11.5 Å². The highest BCUT2D eigenvalue weighted by Crippen LogP contribution is 2.27. The minimum atomic E-state index is -3.06. The highest BCUT2D eigenvalue weighted by molar-refractivity contribution is 6.07. The fourth-order valence-corrected chi connectivity index (χ4v) is 2.95. The number of aromatic nitrogens is 1. The lowest BCUT2D eigenvalue weighted by molar-refractivity contribution is -0.0493. The minimum absolute atomic E-state index is 0.00475. The summed E-state index contributed by atoms with van der Waals surface area (Å²) >= 11 is 0. The molecule has 0 radical (unpaired) electrons. The fourth-order valence-electron chi connectivity index (χ4n) is 2.95. The summed E-state index contributed by atoms with van der Waals surface area (Å²) in [6.45, 7) is -1.15. The van der Waals surface area contributed by atoms with Crippen LogP contribution in [-0.4, -0.2) is 23.3 Å². The first-order valence-corrected chi connectivity index (χ1v) is 7.99. The molecule has 0 bridgehead atoms. The van der Waals surface area contributed by atoms with Gasteiger partial charge in [0, 0.05) is 17.7 Å². The normalized spacial score (nSPS) is 16.3. The number of carbonyl (C=O) groups excluding carboxylic acids is 2. The number of alkyl halides is 2. The topological polar surface area (TPSA) is 88.3 Å². The number of Topliss-reactive ketones (excluding diaryl/α,β-unsaturated/α-hetero) is 1. The van der Waals surface area contributed by atoms with Crippen molar-refractivity contribution in [3.8, 4) is 5.75 Å². The molecule has 2 aromatic rings. The molecular weight excluding hydrogens is 346 g/mol. The van der Waals surface area contributed by atoms with Crippen molar-refractivity contribution in [2.75, 3.05) is 5.32 Å². The van der Waals surface area contributed by atoms with Crippen molar-refractivity contribution in [3.05, 3.63) is 57.5 Å². The summed E-state index contributed by atoms with van der Waals surface area (Å²) in [4.78, 5) is 39.4. The summed E-state index contributed by atoms with van der Waals surface area (Å²) in [5.41, 5.74) is -0.0921. The standard InChI is InChI=1S/C18H16F2N2O4/c1-9-6-13-10(14(23)7-9)8-11(17(25)22-13)16(24)21-12-4-2-3-5-15(12)26-18(19)20/h2-5,8-9,18H,6-7H2,1H3,(H,21,24)(H,22,25). The Hall–Kier alpha value is -3.03. The third-order valence-electron chi connectivity index (χ3n) is 4.11. The highest BCUT2D eigenvalue weighted by atomic mass is 19.3. The van der Waals surface area contributed by atoms with Gasteiger partial charge in [0.1, 0.15) is 11.3 Å². The number of hydrogen-bond donors (Lipinski definition) is 2. The minimum Gasteiger partial charge on any atom is -0.433 e. The van der Waals surface area contributed by atoms with Crippen molar-refractivity contribution in [2.45, 2.75) is 26.4 Å². The number of benzene rings is 1. The number of carbonyl (C=O) groups is 2. The predicted octanol–water partition coefficient (Wildman–Crippen LogP) is 2.99. The van der Waals surface area contributed by atoms with Crippen molar-refractivity contribution in [3.63, 3.8) is 0 Å². The molecule has 0 fully saturated rings. The summed E-state index contributed by atoms with van der Waals surface area (Å²) < 4.78 is 29.3. The number of ketones is 1. The zero-order valence-corrected chi connectivity index (χ0v) is 13.8. The van der Waals surface area contributed by atoms with Crippen LogP contribution >= 0.6 is 0 Å². The zero-order valence-electron chi connectivity index (χ0n) is 13.8. The van der Waals surface area contributed by atoms with Crippen molar-refractivity contribution in [2.24, 2.45) is 5.92 Å². The lowest BCUT2D eigenvalue weighted by atomic mass is 9.86. The lowest BCUT2D eigenvalue weighted by Gasteiger charge is -2.20. The van der Waals surface area contributed by atoms with E-state index in [0.29, 0.717) is 24.1 Å². The van der Waals surface area contributed by atoms with E-state index in [1.807, 2.05) is 6.92 Å². The van der Waals surface area contributed by atoms with Crippen LogP contribution in [0.5, 0.6) is 5.75 Å². The van der Waals surface area contributed by atoms with E-state index in [4.69, 9.17) is 0 Å². The van der Waals surface area contributed by atoms with Gasteiger partial charge in [0.05, 0.1) is 5.69 Å². The summed E-state index contributed by atoms with van der Waals surface area (Å²) in [6, 6.07) is 6.89. The maximum Gasteiger partial charge on any atom is 0.387 e. The van der Waals surface area contributed by atoms with E-state index in [2.05, 4.69) is 15.0 Å². The van der Waals surface area contributed by atoms with E-state index in [1.54, 1.807) is 0 Å². The molecule has 0 aliphatic heterocycles. The number of H-pyrrole nitrogens is 1. The Balaban J connectivity index is 1.91. The first-order valence-electron chi connectivity index (χ1n) is 7.99. The summed E-state index contributed by atoms with van der Waals surface area (Å²) in [5.74, 6) is -1.07. The van der Waals surface area contributed by atoms with E-state index in [-0.39, 0.29) is 28.7 Å². The smallest absolute Gasteiger partial charge is 0.387 e. The van der Waals surface area contributed by atoms with Crippen LogP contribution in [0.1, 0.15) is 39.8 Å². The lowest BCUT2D eigenvalue weighted by Crippen LogP contribution is -2.29. The van der Waals surface area contributed by atoms with Crippen LogP contribution in [0.3, 0.4) is 0 Å². The molecule has 2 N–H and O–H groups in total. The number of anilines is 1. The zero-order chi connectivity index (χ0) is 18.8. The van der Waals surface area contributed by atoms with E-state index in [0.717, 1.165) is 0 Å². The molecule has 8 heteroatoms. The largest absolute Gasteiger partial charge is 0.433 e. The molecule has 6 nitrogen and oxygen atoms in total. The third-order valence-corrected chi connectivity index (χ3v) is 4.11. The molecule has 1 amide bonds. The molecular formula is C18H16F2N2O4. The second kappa shape index (κ2) is 7.07. The van der Waals surface area contributed by atoms with Gasteiger partial charge in [-0.2, -0.15) is 8.78 Å². The number of pyridine rings is 1. The van der Waals surface area contributed by atoms with Crippen LogP contribution in [0.4, 0.5) is 14.5 Å². The van der Waals surface area contributed by atoms with Crippen LogP contribution in [0.25, 0.3) is 0 Å². The number of ether oxygens (including phenoxy) is 1. The average Bonchev–Trinajstić information content (AvgIpc) is 2.55. The van der Waals surface area contributed by atoms with E-state index >= 15 is 0 Å². The fraction of sp³-hybridized carbons (Fsp3) is 0.278. The SMILES string of the molecule is CC1CC(=O)c2cc(C(=O)Nc3ccccc3OC(F)F)c(=O)[nH]c2C1. The molecule has 136 valence electrons. The van der Waals surface area contributed by atoms with Crippen molar-refractivity contribution >= 4 is 17.4 Å². The van der Waals surface area contributed by atoms with Crippen molar-refractivity contribution < 1.29 is 23.1 Å². The van der Waals surface area contributed by atoms with Crippen LogP contribution < -0.4 is 15.6 Å². The van der Waals surface area contributed by atoms with E-state index in [9.17, 15) is 23.2 Å². The molecule has 1 heterocycles. The Morgan fingerprint density at radius 3 is 2.73 bits per heavy atom. The Kier molecular flexibility index (Phi) is 4.83. The second-order valence-electron chi connectivity index (χ2n) is 6.17. The molecule has 0 saturated carbocycles. The number of amides is 1. The maximum atomic E-state index is 12.5. The number of aromatic amines is 1. The molecule has 1 aromatic carbocycles. The first-order chi connectivity index (χ1) is 12.3. The highest BCUT2D eigenvalue weighted by Gasteiger charge is 2.26. The molecule has 1 atom stereocenters. The molecule has 26 heavy (non-hydrogen) atoms. The van der Waals surface area contributed by atoms with Crippen LogP contribution in [0.15, 0.2) is 35.1 Å². The molecule has 0 spiro atoms. The summed E-state index contributed by atoms with van der Waals surface area (Å²) in [5, 5.41) is 2.37. The Labute approximate surface area is 147 Å². The number of nitrogens with one attached hydrogen (secondary N) is 2. The van der Waals surface area contributed by atoms with Crippen LogP contribution in [0.2, 0.25) is 0 Å². The molecule has 0 saturated heterocycles. The number of rotatable bonds is 4. The second-order valence-corrected chi connectivity index (χ2v) is 6.17. The molecule has 1 aliphatic rings. The van der Waals surface area contributed by atoms with Crippen molar-refractivity contribution in [1.29, 1.82) is 0 Å². The molecule has 1 aromatic heterocycles. The van der Waals surface area contributed by atoms with Gasteiger partial charge in [0.2, 0.25) is 0 Å². The molecule has 1 aliphatic carbocycles. The number of fused-ring (bicyclic) bond motifs is 1. The van der Waals surface area contributed by atoms with Gasteiger partial charge in [-0.25, -0.2) is 0 Å². The van der Waals surface area contributed by atoms with Gasteiger partial charge in [-0.1, -0.05) is 19.1 Å². The summed E-state index contributed by atoms with van der Waals surface area (Å²) in [7, 11) is 0. The molecule has 3 rings (SSSR count). The van der Waals surface area contributed by atoms with E-state index < -0.39 is 18.1 Å². The Morgan fingerprint density at radius 1 is 1.27 bits per heavy atom. The number of para-hydroxylation sites is 2. The monoisotopic (exact) mass is 362 g/mol. The Morgan fingerprint density at radius 2 is 2.00 bits per heavy atom. The Bertz CT molecular complexity index is 924. The van der Waals surface area contributed by atoms with E-state index in [1.165, 1.54) is 30.3 Å². The first kappa shape index (κ1) is 17.8. The number of halogens is 2. The average molecular weight is 362 g/mol. The predicted molar refractivity (Wildman–Crippen MR) is 89.9 cm³/mol.